The highest BCUT2D eigenvalue weighted by Gasteiger charge is 2.15. The minimum absolute atomic E-state index is 0.460. The van der Waals surface area contributed by atoms with Gasteiger partial charge in [-0.05, 0) is 151 Å². The molecule has 0 atom stereocenters. The zero-order valence-corrected chi connectivity index (χ0v) is 34.5. The van der Waals surface area contributed by atoms with Crippen molar-refractivity contribution in [1.29, 1.82) is 0 Å². The number of benzene rings is 7. The first kappa shape index (κ1) is 41.2. The van der Waals surface area contributed by atoms with Crippen molar-refractivity contribution < 1.29 is 19.1 Å². The Balaban J connectivity index is 1.02. The molecule has 0 spiro atoms. The van der Waals surface area contributed by atoms with Crippen LogP contribution in [0.3, 0.4) is 0 Å². The topological polar surface area (TPSA) is 59.1 Å². The van der Waals surface area contributed by atoms with Gasteiger partial charge in [0.05, 0.1) is 0 Å². The summed E-state index contributed by atoms with van der Waals surface area (Å²) < 4.78 is 10.6. The van der Waals surface area contributed by atoms with E-state index in [-0.39, 0.29) is 0 Å². The number of carbonyl (C=O) groups is 2. The molecule has 6 nitrogen and oxygen atoms in total. The largest absolute Gasteiger partial charge is 0.423 e. The van der Waals surface area contributed by atoms with Gasteiger partial charge in [0.1, 0.15) is 11.5 Å². The van der Waals surface area contributed by atoms with Crippen LogP contribution >= 0.6 is 0 Å². The van der Waals surface area contributed by atoms with Gasteiger partial charge in [-0.15, -0.1) is 0 Å². The Hall–Kier alpha value is -7.96. The fourth-order valence-corrected chi connectivity index (χ4v) is 6.67. The van der Waals surface area contributed by atoms with Crippen LogP contribution in [0, 0.1) is 20.8 Å². The van der Waals surface area contributed by atoms with E-state index < -0.39 is 11.9 Å². The van der Waals surface area contributed by atoms with Crippen LogP contribution < -0.4 is 19.3 Å². The first-order chi connectivity index (χ1) is 29.6. The lowest BCUT2D eigenvalue weighted by Crippen LogP contribution is -2.10. The molecule has 0 N–H and O–H groups in total. The number of carbonyl (C=O) groups excluding carboxylic acids is 2. The van der Waals surface area contributed by atoms with E-state index >= 15 is 0 Å². The van der Waals surface area contributed by atoms with Gasteiger partial charge in [0.15, 0.2) is 0 Å². The number of hydrogen-bond donors (Lipinski definition) is 0. The second-order valence-electron chi connectivity index (χ2n) is 14.5. The molecule has 0 aromatic heterocycles. The van der Waals surface area contributed by atoms with Crippen molar-refractivity contribution in [3.63, 3.8) is 0 Å². The predicted octanol–water partition coefficient (Wildman–Crippen LogP) is 14.1. The average molecular weight is 799 g/mol. The van der Waals surface area contributed by atoms with E-state index in [0.29, 0.717) is 11.5 Å². The maximum atomic E-state index is 11.7. The van der Waals surface area contributed by atoms with E-state index in [4.69, 9.17) is 9.47 Å². The van der Waals surface area contributed by atoms with Gasteiger partial charge in [-0.3, -0.25) is 0 Å². The highest BCUT2D eigenvalue weighted by molar-refractivity contribution is 5.85. The number of rotatable bonds is 14. The van der Waals surface area contributed by atoms with Crippen LogP contribution in [0.25, 0.3) is 24.3 Å². The third kappa shape index (κ3) is 10.6. The van der Waals surface area contributed by atoms with Crippen molar-refractivity contribution >= 4 is 70.4 Å². The first-order valence-corrected chi connectivity index (χ1v) is 19.9. The van der Waals surface area contributed by atoms with Gasteiger partial charge in [-0.25, -0.2) is 9.59 Å². The number of nitrogens with zero attached hydrogens (tertiary/aromatic N) is 2. The van der Waals surface area contributed by atoms with Crippen molar-refractivity contribution in [2.24, 2.45) is 0 Å². The molecule has 0 aliphatic rings. The summed E-state index contributed by atoms with van der Waals surface area (Å²) >= 11 is 0. The molecular formula is C55H46N2O4. The van der Waals surface area contributed by atoms with E-state index in [1.54, 1.807) is 24.3 Å². The normalized spacial score (nSPS) is 11.0. The van der Waals surface area contributed by atoms with Gasteiger partial charge in [0.25, 0.3) is 0 Å². The monoisotopic (exact) mass is 798 g/mol. The Labute approximate surface area is 358 Å². The molecule has 7 aromatic carbocycles. The molecule has 0 bridgehead atoms. The summed E-state index contributed by atoms with van der Waals surface area (Å²) in [5.41, 5.74) is 13.9. The van der Waals surface area contributed by atoms with Crippen LogP contribution in [-0.2, 0) is 9.59 Å². The number of aryl methyl sites for hydroxylation is 3. The second-order valence-corrected chi connectivity index (χ2v) is 14.5. The highest BCUT2D eigenvalue weighted by Crippen LogP contribution is 2.38. The third-order valence-corrected chi connectivity index (χ3v) is 10.2. The van der Waals surface area contributed by atoms with E-state index in [1.165, 1.54) is 16.7 Å². The van der Waals surface area contributed by atoms with Crippen molar-refractivity contribution in [2.45, 2.75) is 20.8 Å². The van der Waals surface area contributed by atoms with Crippen molar-refractivity contribution in [3.05, 3.63) is 228 Å². The summed E-state index contributed by atoms with van der Waals surface area (Å²) in [6.45, 7) is 13.3. The summed E-state index contributed by atoms with van der Waals surface area (Å²) in [5.74, 6) is -0.0641. The van der Waals surface area contributed by atoms with Crippen molar-refractivity contribution in [1.82, 2.24) is 0 Å². The maximum absolute atomic E-state index is 11.7. The Morgan fingerprint density at radius 2 is 0.689 bits per heavy atom. The van der Waals surface area contributed by atoms with E-state index in [9.17, 15) is 9.59 Å². The van der Waals surface area contributed by atoms with Crippen LogP contribution in [0.2, 0.25) is 0 Å². The average Bonchev–Trinajstić information content (AvgIpc) is 3.29. The summed E-state index contributed by atoms with van der Waals surface area (Å²) in [5, 5.41) is 0. The van der Waals surface area contributed by atoms with Gasteiger partial charge in [-0.1, -0.05) is 110 Å². The summed E-state index contributed by atoms with van der Waals surface area (Å²) in [7, 11) is 0. The zero-order chi connectivity index (χ0) is 42.7. The van der Waals surface area contributed by atoms with E-state index in [1.807, 2.05) is 24.3 Å². The maximum Gasteiger partial charge on any atom is 0.335 e. The molecule has 0 radical (unpaired) electrons. The van der Waals surface area contributed by atoms with Gasteiger partial charge in [-0.2, -0.15) is 0 Å². The quantitative estimate of drug-likeness (QED) is 0.0473. The molecule has 0 unspecified atom stereocenters. The number of esters is 2. The number of hydrogen-bond acceptors (Lipinski definition) is 6. The highest BCUT2D eigenvalue weighted by atomic mass is 16.5. The Bertz CT molecular complexity index is 2690. The van der Waals surface area contributed by atoms with Crippen molar-refractivity contribution in [2.75, 3.05) is 9.80 Å². The van der Waals surface area contributed by atoms with E-state index in [2.05, 4.69) is 183 Å². The Morgan fingerprint density at radius 1 is 0.393 bits per heavy atom. The smallest absolute Gasteiger partial charge is 0.335 e. The first-order valence-electron chi connectivity index (χ1n) is 19.9. The SMILES string of the molecule is C=CC(=O)Oc1ccc(N(c2ccc(C)cc2)c2ccc(/C=C/c3ccc(/C=C/c4ccc(N(c5ccc(OC(=O)C=C)cc5)c5ccc(C)c(C)c5)cc4)cc3)cc2)cc1. The molecule has 0 aliphatic heterocycles. The zero-order valence-electron chi connectivity index (χ0n) is 34.5. The minimum atomic E-state index is -0.493. The molecule has 7 rings (SSSR count). The molecule has 0 aliphatic carbocycles. The van der Waals surface area contributed by atoms with E-state index in [0.717, 1.165) is 68.5 Å². The summed E-state index contributed by atoms with van der Waals surface area (Å²) in [6, 6.07) is 55.1. The Morgan fingerprint density at radius 3 is 1.03 bits per heavy atom. The van der Waals surface area contributed by atoms with Crippen LogP contribution in [-0.4, -0.2) is 11.9 Å². The lowest BCUT2D eigenvalue weighted by molar-refractivity contribution is -0.129. The standard InChI is InChI=1S/C55H46N2O4/c1-6-54(58)60-52-34-30-49(31-35-52)56(46-23-8-39(3)9-24-46)47-26-19-44(20-27-47)17-15-42-11-13-43(14-12-42)16-18-45-21-28-48(29-22-45)57(51-25-10-40(4)41(5)38-51)50-32-36-53(37-33-50)61-55(59)7-2/h6-38H,1-2H2,3-5H3/b17-15+,18-16+. The molecule has 6 heteroatoms. The molecule has 0 fully saturated rings. The van der Waals surface area contributed by atoms with Crippen LogP contribution in [0.15, 0.2) is 189 Å². The molecule has 0 saturated carbocycles. The molecule has 0 amide bonds. The summed E-state index contributed by atoms with van der Waals surface area (Å²) in [6.07, 6.45) is 10.8. The molecule has 300 valence electrons. The van der Waals surface area contributed by atoms with Gasteiger partial charge < -0.3 is 19.3 Å². The summed E-state index contributed by atoms with van der Waals surface area (Å²) in [4.78, 5) is 27.8. The lowest BCUT2D eigenvalue weighted by atomic mass is 10.1. The minimum Gasteiger partial charge on any atom is -0.423 e. The number of ether oxygens (including phenoxy) is 2. The molecule has 0 heterocycles. The molecule has 61 heavy (non-hydrogen) atoms. The fraction of sp³-hybridized carbons (Fsp3) is 0.0545. The number of anilines is 6. The van der Waals surface area contributed by atoms with Gasteiger partial charge in [0, 0.05) is 46.3 Å². The van der Waals surface area contributed by atoms with Gasteiger partial charge in [0.2, 0.25) is 0 Å². The van der Waals surface area contributed by atoms with Crippen LogP contribution in [0.4, 0.5) is 34.1 Å². The van der Waals surface area contributed by atoms with Gasteiger partial charge >= 0.3 is 11.9 Å². The van der Waals surface area contributed by atoms with Crippen LogP contribution in [0.5, 0.6) is 11.5 Å². The second kappa shape index (κ2) is 19.2. The predicted molar refractivity (Wildman–Crippen MR) is 252 cm³/mol. The third-order valence-electron chi connectivity index (χ3n) is 10.2. The Kier molecular flexibility index (Phi) is 13.0. The molecule has 0 saturated heterocycles. The van der Waals surface area contributed by atoms with Crippen LogP contribution in [0.1, 0.15) is 38.9 Å². The van der Waals surface area contributed by atoms with Crippen molar-refractivity contribution in [3.8, 4) is 11.5 Å². The fourth-order valence-electron chi connectivity index (χ4n) is 6.67. The molecule has 7 aromatic rings. The lowest BCUT2D eigenvalue weighted by Gasteiger charge is -2.26. The molecular weight excluding hydrogens is 753 g/mol.